The molecule has 0 spiro atoms. The summed E-state index contributed by atoms with van der Waals surface area (Å²) >= 11 is 0. The first-order valence-electron chi connectivity index (χ1n) is 11.3. The summed E-state index contributed by atoms with van der Waals surface area (Å²) in [5.74, 6) is -2.31. The Morgan fingerprint density at radius 2 is 1.68 bits per heavy atom. The molecule has 0 amide bonds. The highest BCUT2D eigenvalue weighted by molar-refractivity contribution is 7.89. The summed E-state index contributed by atoms with van der Waals surface area (Å²) in [6.07, 6.45) is -1.30. The first kappa shape index (κ1) is 25.3. The predicted octanol–water partition coefficient (Wildman–Crippen LogP) is 4.90. The number of hydrogen-bond acceptors (Lipinski definition) is 5. The normalized spacial score (nSPS) is 21.5. The number of alkyl halides is 3. The van der Waals surface area contributed by atoms with Crippen LogP contribution in [0, 0.1) is 17.6 Å². The number of halogens is 5. The second-order valence-electron chi connectivity index (χ2n) is 9.10. The molecule has 2 aromatic carbocycles. The number of hydrogen-bond donors (Lipinski definition) is 1. The van der Waals surface area contributed by atoms with Crippen molar-refractivity contribution in [2.24, 2.45) is 5.92 Å². The molecule has 6 rings (SSSR count). The summed E-state index contributed by atoms with van der Waals surface area (Å²) in [6.45, 7) is 3.99. The average Bonchev–Trinajstić information content (AvgIpc) is 3.41. The Hall–Kier alpha value is -3.38. The fourth-order valence-corrected chi connectivity index (χ4v) is 6.76. The molecule has 3 fully saturated rings. The molecular formula is C25H21F5N4O2S. The van der Waals surface area contributed by atoms with Crippen LogP contribution in [0.5, 0.6) is 0 Å². The number of rotatable bonds is 7. The summed E-state index contributed by atoms with van der Waals surface area (Å²) < 4.78 is 94.1. The first-order chi connectivity index (χ1) is 17.4. The van der Waals surface area contributed by atoms with Gasteiger partial charge in [0.15, 0.2) is 0 Å². The summed E-state index contributed by atoms with van der Waals surface area (Å²) in [4.78, 5) is 6.66. The van der Waals surface area contributed by atoms with Crippen LogP contribution in [0.4, 0.5) is 22.0 Å². The summed E-state index contributed by atoms with van der Waals surface area (Å²) in [7, 11) is -3.91. The number of aromatic nitrogens is 2. The topological polar surface area (TPSA) is 75.2 Å². The van der Waals surface area contributed by atoms with Crippen LogP contribution in [-0.2, 0) is 22.7 Å². The molecule has 1 N–H and O–H groups in total. The molecule has 2 aliphatic heterocycles. The van der Waals surface area contributed by atoms with Crippen molar-refractivity contribution in [3.63, 3.8) is 0 Å². The van der Waals surface area contributed by atoms with E-state index in [-0.39, 0.29) is 34.5 Å². The van der Waals surface area contributed by atoms with Crippen molar-refractivity contribution in [1.82, 2.24) is 19.6 Å². The zero-order chi connectivity index (χ0) is 26.5. The second-order valence-corrected chi connectivity index (χ2v) is 10.9. The maximum Gasteiger partial charge on any atom is 0.451 e. The monoisotopic (exact) mass is 536 g/mol. The van der Waals surface area contributed by atoms with E-state index in [1.54, 1.807) is 0 Å². The van der Waals surface area contributed by atoms with Gasteiger partial charge in [0.25, 0.3) is 0 Å². The van der Waals surface area contributed by atoms with Crippen molar-refractivity contribution in [1.29, 1.82) is 0 Å². The zero-order valence-electron chi connectivity index (χ0n) is 19.2. The van der Waals surface area contributed by atoms with Gasteiger partial charge in [-0.2, -0.15) is 17.5 Å². The largest absolute Gasteiger partial charge is 0.451 e. The van der Waals surface area contributed by atoms with Crippen LogP contribution in [-0.4, -0.2) is 34.8 Å². The van der Waals surface area contributed by atoms with Crippen LogP contribution < -0.4 is 5.32 Å². The van der Waals surface area contributed by atoms with Gasteiger partial charge >= 0.3 is 6.18 Å². The minimum absolute atomic E-state index is 0.0169. The van der Waals surface area contributed by atoms with E-state index >= 15 is 0 Å². The minimum atomic E-state index is -4.67. The van der Waals surface area contributed by atoms with E-state index < -0.39 is 39.7 Å². The molecule has 2 saturated heterocycles. The lowest BCUT2D eigenvalue weighted by Gasteiger charge is -2.26. The van der Waals surface area contributed by atoms with Crippen LogP contribution in [0.1, 0.15) is 24.2 Å². The lowest BCUT2D eigenvalue weighted by Crippen LogP contribution is -2.40. The van der Waals surface area contributed by atoms with Crippen LogP contribution in [0.25, 0.3) is 11.1 Å². The predicted molar refractivity (Wildman–Crippen MR) is 124 cm³/mol. The molecular weight excluding hydrogens is 515 g/mol. The van der Waals surface area contributed by atoms with E-state index in [9.17, 15) is 30.4 Å². The highest BCUT2D eigenvalue weighted by Crippen LogP contribution is 2.50. The molecule has 3 aliphatic rings. The fraction of sp³-hybridized carbons (Fsp3) is 0.280. The molecule has 194 valence electrons. The van der Waals surface area contributed by atoms with Gasteiger partial charge in [-0.05, 0) is 60.7 Å². The summed E-state index contributed by atoms with van der Waals surface area (Å²) in [5.41, 5.74) is 1.30. The van der Waals surface area contributed by atoms with Gasteiger partial charge in [0, 0.05) is 41.8 Å². The maximum atomic E-state index is 14.6. The van der Waals surface area contributed by atoms with Crippen molar-refractivity contribution in [3.05, 3.63) is 90.2 Å². The Morgan fingerprint density at radius 3 is 2.30 bits per heavy atom. The van der Waals surface area contributed by atoms with Crippen LogP contribution in [0.15, 0.2) is 72.0 Å². The quantitative estimate of drug-likeness (QED) is 0.435. The molecule has 12 heteroatoms. The molecule has 1 aliphatic carbocycles. The van der Waals surface area contributed by atoms with Crippen molar-refractivity contribution in [2.45, 2.75) is 42.5 Å². The van der Waals surface area contributed by atoms with Crippen molar-refractivity contribution >= 4 is 10.0 Å². The van der Waals surface area contributed by atoms with Gasteiger partial charge in [0.1, 0.15) is 11.6 Å². The van der Waals surface area contributed by atoms with Gasteiger partial charge in [-0.15, -0.1) is 0 Å². The molecule has 1 aromatic heterocycles. The van der Waals surface area contributed by atoms with E-state index in [0.717, 1.165) is 24.5 Å². The Bertz CT molecular complexity index is 1440. The van der Waals surface area contributed by atoms with Gasteiger partial charge < -0.3 is 5.32 Å². The standard InChI is InChI=1S/C25H21F5N4O2S/c1-14(23-16-9-20(10-16)34(23)37(35,36)21-5-3-19(26)4-6-21)31-11-17-8-15(2-7-22(17)27)18-12-32-24(33-13-18)25(28,29)30/h2-8,12-13,16,20,23,31H,1,9-11H2/t16?,20?,23-/m1/s1. The molecule has 3 heterocycles. The van der Waals surface area contributed by atoms with Crippen LogP contribution >= 0.6 is 0 Å². The third-order valence-electron chi connectivity index (χ3n) is 6.77. The third kappa shape index (κ3) is 4.71. The van der Waals surface area contributed by atoms with Crippen molar-refractivity contribution in [3.8, 4) is 11.1 Å². The molecule has 6 nitrogen and oxygen atoms in total. The molecule has 0 unspecified atom stereocenters. The number of nitrogens with zero attached hydrogens (tertiary/aromatic N) is 3. The summed E-state index contributed by atoms with van der Waals surface area (Å²) in [5, 5.41) is 3.03. The zero-order valence-corrected chi connectivity index (χ0v) is 20.0. The maximum absolute atomic E-state index is 14.6. The van der Waals surface area contributed by atoms with E-state index in [1.165, 1.54) is 34.6 Å². The van der Waals surface area contributed by atoms with Gasteiger partial charge in [-0.1, -0.05) is 12.6 Å². The SMILES string of the molecule is C=C(NCc1cc(-c2cnc(C(F)(F)F)nc2)ccc1F)[C@@H]1C2CC(C2)N1S(=O)(=O)c1ccc(F)cc1. The molecule has 0 radical (unpaired) electrons. The number of sulfonamides is 1. The molecule has 3 aromatic rings. The van der Waals surface area contributed by atoms with E-state index in [2.05, 4.69) is 21.9 Å². The van der Waals surface area contributed by atoms with Gasteiger partial charge in [0.2, 0.25) is 15.8 Å². The highest BCUT2D eigenvalue weighted by atomic mass is 32.2. The Morgan fingerprint density at radius 1 is 1.03 bits per heavy atom. The number of fused-ring (bicyclic) bond motifs is 1. The Labute approximate surface area is 209 Å². The fourth-order valence-electron chi connectivity index (χ4n) is 4.87. The Kier molecular flexibility index (Phi) is 6.27. The van der Waals surface area contributed by atoms with Gasteiger partial charge in [0.05, 0.1) is 10.9 Å². The number of benzene rings is 2. The lowest BCUT2D eigenvalue weighted by molar-refractivity contribution is -0.144. The molecule has 1 atom stereocenters. The van der Waals surface area contributed by atoms with E-state index in [4.69, 9.17) is 0 Å². The average molecular weight is 537 g/mol. The second kappa shape index (κ2) is 9.18. The van der Waals surface area contributed by atoms with Crippen LogP contribution in [0.3, 0.4) is 0 Å². The molecule has 2 bridgehead atoms. The minimum Gasteiger partial charge on any atom is -0.383 e. The van der Waals surface area contributed by atoms with Crippen molar-refractivity contribution < 1.29 is 30.4 Å². The van der Waals surface area contributed by atoms with Gasteiger partial charge in [-0.25, -0.2) is 27.2 Å². The molecule has 1 saturated carbocycles. The third-order valence-corrected chi connectivity index (χ3v) is 8.71. The van der Waals surface area contributed by atoms with Crippen LogP contribution in [0.2, 0.25) is 0 Å². The first-order valence-corrected chi connectivity index (χ1v) is 12.8. The Balaban J connectivity index is 1.32. The lowest BCUT2D eigenvalue weighted by atomic mass is 9.82. The van der Waals surface area contributed by atoms with Crippen molar-refractivity contribution in [2.75, 3.05) is 0 Å². The van der Waals surface area contributed by atoms with E-state index in [0.29, 0.717) is 24.1 Å². The number of nitrogens with one attached hydrogen (secondary N) is 1. The summed E-state index contributed by atoms with van der Waals surface area (Å²) in [6, 6.07) is 7.94. The smallest absolute Gasteiger partial charge is 0.383 e. The highest BCUT2D eigenvalue weighted by Gasteiger charge is 2.56. The van der Waals surface area contributed by atoms with Gasteiger partial charge in [-0.3, -0.25) is 0 Å². The van der Waals surface area contributed by atoms with E-state index in [1.807, 2.05) is 0 Å². The molecule has 37 heavy (non-hydrogen) atoms.